The lowest BCUT2D eigenvalue weighted by Gasteiger charge is -2.42. The summed E-state index contributed by atoms with van der Waals surface area (Å²) in [6.07, 6.45) is 4.88. The molecule has 1 aliphatic heterocycles. The van der Waals surface area contributed by atoms with E-state index in [2.05, 4.69) is 49.2 Å². The van der Waals surface area contributed by atoms with E-state index in [9.17, 15) is 9.59 Å². The highest BCUT2D eigenvalue weighted by Crippen LogP contribution is 2.48. The van der Waals surface area contributed by atoms with Crippen LogP contribution in [0.15, 0.2) is 78.3 Å². The van der Waals surface area contributed by atoms with Gasteiger partial charge in [-0.3, -0.25) is 19.5 Å². The van der Waals surface area contributed by atoms with Gasteiger partial charge in [-0.2, -0.15) is 0 Å². The number of hydrogen-bond acceptors (Lipinski definition) is 3. The van der Waals surface area contributed by atoms with Crippen molar-refractivity contribution in [2.24, 2.45) is 5.41 Å². The number of allylic oxidation sites excluding steroid dienone is 2. The van der Waals surface area contributed by atoms with Crippen molar-refractivity contribution in [1.29, 1.82) is 0 Å². The van der Waals surface area contributed by atoms with Gasteiger partial charge in [-0.15, -0.1) is 0 Å². The van der Waals surface area contributed by atoms with Crippen molar-refractivity contribution in [2.45, 2.75) is 39.0 Å². The summed E-state index contributed by atoms with van der Waals surface area (Å²) in [6, 6.07) is 18.2. The minimum Gasteiger partial charge on any atom is -0.294 e. The third-order valence-corrected chi connectivity index (χ3v) is 6.22. The van der Waals surface area contributed by atoms with Gasteiger partial charge in [0.05, 0.1) is 11.9 Å². The summed E-state index contributed by atoms with van der Waals surface area (Å²) in [5, 5.41) is 2.29. The summed E-state index contributed by atoms with van der Waals surface area (Å²) >= 11 is 0. The van der Waals surface area contributed by atoms with Crippen LogP contribution in [0.1, 0.15) is 44.6 Å². The van der Waals surface area contributed by atoms with Gasteiger partial charge in [-0.05, 0) is 40.3 Å². The molecule has 5 rings (SSSR count). The number of fused-ring (bicyclic) bond motifs is 1. The lowest BCUT2D eigenvalue weighted by atomic mass is 9.69. The molecule has 0 spiro atoms. The summed E-state index contributed by atoms with van der Waals surface area (Å²) < 4.78 is 0. The zero-order valence-electron chi connectivity index (χ0n) is 17.3. The number of amides is 1. The Hall–Kier alpha value is -3.27. The molecule has 150 valence electrons. The SMILES string of the molecule is CC1(C)CC(=O)C2=C(C1)N(c1cccnc1)C(=O)CC2c1ccc2ccccc2c1. The van der Waals surface area contributed by atoms with Crippen LogP contribution < -0.4 is 4.90 Å². The van der Waals surface area contributed by atoms with E-state index in [4.69, 9.17) is 0 Å². The molecule has 1 aromatic heterocycles. The highest BCUT2D eigenvalue weighted by Gasteiger charge is 2.44. The van der Waals surface area contributed by atoms with Crippen LogP contribution in [0.5, 0.6) is 0 Å². The van der Waals surface area contributed by atoms with E-state index < -0.39 is 0 Å². The maximum absolute atomic E-state index is 13.4. The van der Waals surface area contributed by atoms with Crippen molar-refractivity contribution in [1.82, 2.24) is 4.98 Å². The van der Waals surface area contributed by atoms with Crippen molar-refractivity contribution >= 4 is 28.2 Å². The minimum atomic E-state index is -0.200. The number of hydrogen-bond donors (Lipinski definition) is 0. The normalized spacial score (nSPS) is 21.1. The van der Waals surface area contributed by atoms with Gasteiger partial charge in [-0.1, -0.05) is 56.3 Å². The molecule has 30 heavy (non-hydrogen) atoms. The fourth-order valence-electron chi connectivity index (χ4n) is 4.91. The van der Waals surface area contributed by atoms with Crippen molar-refractivity contribution in [3.05, 3.63) is 83.8 Å². The summed E-state index contributed by atoms with van der Waals surface area (Å²) in [6.45, 7) is 4.19. The van der Waals surface area contributed by atoms with Gasteiger partial charge in [-0.25, -0.2) is 0 Å². The number of carbonyl (C=O) groups is 2. The molecule has 0 radical (unpaired) electrons. The zero-order valence-corrected chi connectivity index (χ0v) is 17.3. The highest BCUT2D eigenvalue weighted by atomic mass is 16.2. The highest BCUT2D eigenvalue weighted by molar-refractivity contribution is 6.08. The summed E-state index contributed by atoms with van der Waals surface area (Å²) in [4.78, 5) is 32.7. The van der Waals surface area contributed by atoms with Crippen molar-refractivity contribution in [3.63, 3.8) is 0 Å². The number of ketones is 1. The Morgan fingerprint density at radius 1 is 0.967 bits per heavy atom. The molecular weight excluding hydrogens is 372 g/mol. The Balaban J connectivity index is 1.69. The Bertz CT molecular complexity index is 1190. The molecule has 1 atom stereocenters. The van der Waals surface area contributed by atoms with Crippen LogP contribution in [0.3, 0.4) is 0 Å². The molecule has 2 heterocycles. The first-order chi connectivity index (χ1) is 14.4. The van der Waals surface area contributed by atoms with E-state index >= 15 is 0 Å². The van der Waals surface area contributed by atoms with Gasteiger partial charge in [0.15, 0.2) is 5.78 Å². The summed E-state index contributed by atoms with van der Waals surface area (Å²) in [5.41, 5.74) is 3.24. The van der Waals surface area contributed by atoms with Gasteiger partial charge in [0.1, 0.15) is 0 Å². The fourth-order valence-corrected chi connectivity index (χ4v) is 4.91. The number of anilines is 1. The molecule has 0 saturated carbocycles. The van der Waals surface area contributed by atoms with Crippen molar-refractivity contribution < 1.29 is 9.59 Å². The van der Waals surface area contributed by atoms with Crippen LogP contribution in [-0.2, 0) is 9.59 Å². The Kier molecular flexibility index (Phi) is 4.31. The molecule has 4 nitrogen and oxygen atoms in total. The topological polar surface area (TPSA) is 50.3 Å². The maximum atomic E-state index is 13.4. The average Bonchev–Trinajstić information content (AvgIpc) is 2.72. The van der Waals surface area contributed by atoms with Gasteiger partial charge < -0.3 is 0 Å². The third-order valence-electron chi connectivity index (χ3n) is 6.22. The quantitative estimate of drug-likeness (QED) is 0.583. The van der Waals surface area contributed by atoms with E-state index in [1.807, 2.05) is 24.3 Å². The number of benzene rings is 2. The molecule has 1 unspecified atom stereocenters. The van der Waals surface area contributed by atoms with Gasteiger partial charge in [0.25, 0.3) is 0 Å². The monoisotopic (exact) mass is 396 g/mol. The first-order valence-corrected chi connectivity index (χ1v) is 10.4. The first kappa shape index (κ1) is 18.7. The molecular formula is C26H24N2O2. The molecule has 2 aliphatic rings. The summed E-state index contributed by atoms with van der Waals surface area (Å²) in [7, 11) is 0. The lowest BCUT2D eigenvalue weighted by molar-refractivity contribution is -0.121. The number of Topliss-reactive ketones (excluding diaryl/α,β-unsaturated/α-hetero) is 1. The van der Waals surface area contributed by atoms with E-state index in [1.165, 1.54) is 0 Å². The standard InChI is InChI=1S/C26H24N2O2/c1-26(2)14-22-25(23(29)15-26)21(13-24(30)28(22)20-8-5-11-27-16-20)19-10-9-17-6-3-4-7-18(17)12-19/h3-12,16,21H,13-15H2,1-2H3. The van der Waals surface area contributed by atoms with E-state index in [0.29, 0.717) is 12.8 Å². The molecule has 1 aliphatic carbocycles. The van der Waals surface area contributed by atoms with E-state index in [0.717, 1.165) is 33.3 Å². The molecule has 0 N–H and O–H groups in total. The molecule has 2 aromatic carbocycles. The lowest BCUT2D eigenvalue weighted by Crippen LogP contribution is -2.43. The van der Waals surface area contributed by atoms with Crippen molar-refractivity contribution in [2.75, 3.05) is 4.90 Å². The van der Waals surface area contributed by atoms with Gasteiger partial charge >= 0.3 is 0 Å². The largest absolute Gasteiger partial charge is 0.294 e. The molecule has 1 amide bonds. The predicted molar refractivity (Wildman–Crippen MR) is 118 cm³/mol. The number of carbonyl (C=O) groups excluding carboxylic acids is 2. The first-order valence-electron chi connectivity index (χ1n) is 10.4. The second-order valence-corrected chi connectivity index (χ2v) is 9.10. The smallest absolute Gasteiger partial charge is 0.232 e. The predicted octanol–water partition coefficient (Wildman–Crippen LogP) is 5.40. The summed E-state index contributed by atoms with van der Waals surface area (Å²) in [5.74, 6) is -0.0279. The van der Waals surface area contributed by atoms with Crippen LogP contribution in [0.4, 0.5) is 5.69 Å². The Morgan fingerprint density at radius 3 is 2.53 bits per heavy atom. The minimum absolute atomic E-state index is 0.0189. The van der Waals surface area contributed by atoms with Crippen LogP contribution in [0, 0.1) is 5.41 Å². The second-order valence-electron chi connectivity index (χ2n) is 9.10. The molecule has 3 aromatic rings. The van der Waals surface area contributed by atoms with Gasteiger partial charge in [0, 0.05) is 36.2 Å². The molecule has 0 fully saturated rings. The van der Waals surface area contributed by atoms with E-state index in [-0.39, 0.29) is 29.4 Å². The number of rotatable bonds is 2. The maximum Gasteiger partial charge on any atom is 0.232 e. The van der Waals surface area contributed by atoms with Crippen LogP contribution in [0.2, 0.25) is 0 Å². The third kappa shape index (κ3) is 3.13. The van der Waals surface area contributed by atoms with Crippen LogP contribution in [-0.4, -0.2) is 16.7 Å². The van der Waals surface area contributed by atoms with Crippen LogP contribution in [0.25, 0.3) is 10.8 Å². The van der Waals surface area contributed by atoms with Crippen LogP contribution >= 0.6 is 0 Å². The number of nitrogens with zero attached hydrogens (tertiary/aromatic N) is 2. The average molecular weight is 396 g/mol. The molecule has 4 heteroatoms. The molecule has 0 saturated heterocycles. The molecule has 0 bridgehead atoms. The van der Waals surface area contributed by atoms with Gasteiger partial charge in [0.2, 0.25) is 5.91 Å². The Labute approximate surface area is 176 Å². The number of pyridine rings is 1. The van der Waals surface area contributed by atoms with E-state index in [1.54, 1.807) is 17.3 Å². The number of aromatic nitrogens is 1. The Morgan fingerprint density at radius 2 is 1.77 bits per heavy atom. The van der Waals surface area contributed by atoms with Crippen molar-refractivity contribution in [3.8, 4) is 0 Å². The fraction of sp³-hybridized carbons (Fsp3) is 0.269. The zero-order chi connectivity index (χ0) is 20.9. The second kappa shape index (κ2) is 6.91.